The maximum absolute atomic E-state index is 12.9. The van der Waals surface area contributed by atoms with Crippen LogP contribution in [0.15, 0.2) is 158 Å². The number of hydrogen-bond donors (Lipinski definition) is 0. The summed E-state index contributed by atoms with van der Waals surface area (Å²) in [5.41, 5.74) is 0. The topological polar surface area (TPSA) is 78.9 Å². The minimum Gasteiger partial charge on any atom is -0.462 e. The molecule has 0 aromatic carbocycles. The first kappa shape index (κ1) is 72.0. The van der Waals surface area contributed by atoms with E-state index in [2.05, 4.69) is 179 Å². The van der Waals surface area contributed by atoms with Crippen molar-refractivity contribution in [1.82, 2.24) is 0 Å². The SMILES string of the molecule is CC/C=C\C/C=C\C/C=C\C/C=C\C/C=C\C/C=C\C/C=C\C/C=C\CCCCC(=O)OCC(COC(=O)CCCCCCCCCCC)OC(=O)CCCCCCCCC/C=C\C/C=C\C/C=C\C/C=C\C/C=C\CC. The molecule has 0 spiro atoms. The van der Waals surface area contributed by atoms with Gasteiger partial charge in [-0.3, -0.25) is 14.4 Å². The summed E-state index contributed by atoms with van der Waals surface area (Å²) in [6.45, 7) is 6.34. The van der Waals surface area contributed by atoms with Crippen molar-refractivity contribution < 1.29 is 28.6 Å². The van der Waals surface area contributed by atoms with Crippen molar-refractivity contribution >= 4 is 17.9 Å². The summed E-state index contributed by atoms with van der Waals surface area (Å²) in [6, 6.07) is 0. The van der Waals surface area contributed by atoms with E-state index in [1.165, 1.54) is 57.8 Å². The first-order valence-electron chi connectivity index (χ1n) is 31.0. The van der Waals surface area contributed by atoms with Crippen LogP contribution < -0.4 is 0 Å². The summed E-state index contributed by atoms with van der Waals surface area (Å²) >= 11 is 0. The Morgan fingerprint density at radius 1 is 0.273 bits per heavy atom. The highest BCUT2D eigenvalue weighted by Gasteiger charge is 2.19. The van der Waals surface area contributed by atoms with Gasteiger partial charge in [-0.2, -0.15) is 0 Å². The monoisotopic (exact) mass is 1060 g/mol. The highest BCUT2D eigenvalue weighted by molar-refractivity contribution is 5.71. The Labute approximate surface area is 473 Å². The molecular formula is C71H112O6. The molecule has 0 saturated heterocycles. The number of unbranched alkanes of at least 4 members (excludes halogenated alkanes) is 17. The van der Waals surface area contributed by atoms with Gasteiger partial charge < -0.3 is 14.2 Å². The average molecular weight is 1060 g/mol. The zero-order valence-electron chi connectivity index (χ0n) is 49.4. The number of carbonyl (C=O) groups is 3. The lowest BCUT2D eigenvalue weighted by atomic mass is 10.1. The Hall–Kier alpha value is -4.97. The molecule has 77 heavy (non-hydrogen) atoms. The van der Waals surface area contributed by atoms with E-state index in [0.717, 1.165) is 148 Å². The van der Waals surface area contributed by atoms with E-state index in [4.69, 9.17) is 14.2 Å². The number of ether oxygens (including phenoxy) is 3. The summed E-state index contributed by atoms with van der Waals surface area (Å²) in [5, 5.41) is 0. The Balaban J connectivity index is 4.39. The number of hydrogen-bond acceptors (Lipinski definition) is 6. The number of allylic oxidation sites excluding steroid dienone is 26. The average Bonchev–Trinajstić information content (AvgIpc) is 3.43. The van der Waals surface area contributed by atoms with Crippen molar-refractivity contribution in [3.05, 3.63) is 158 Å². The molecule has 0 N–H and O–H groups in total. The third-order valence-corrected chi connectivity index (χ3v) is 12.5. The van der Waals surface area contributed by atoms with E-state index < -0.39 is 6.10 Å². The smallest absolute Gasteiger partial charge is 0.306 e. The van der Waals surface area contributed by atoms with Crippen LogP contribution in [0.4, 0.5) is 0 Å². The van der Waals surface area contributed by atoms with Gasteiger partial charge in [0.05, 0.1) is 0 Å². The molecule has 0 fully saturated rings. The largest absolute Gasteiger partial charge is 0.462 e. The molecule has 0 saturated carbocycles. The molecule has 0 aromatic rings. The molecule has 6 heteroatoms. The van der Waals surface area contributed by atoms with Crippen LogP contribution >= 0.6 is 0 Å². The number of rotatable bonds is 54. The zero-order valence-corrected chi connectivity index (χ0v) is 49.4. The van der Waals surface area contributed by atoms with Crippen LogP contribution in [0.5, 0.6) is 0 Å². The van der Waals surface area contributed by atoms with E-state index in [1.54, 1.807) is 0 Å². The fourth-order valence-electron chi connectivity index (χ4n) is 7.95. The molecule has 1 atom stereocenters. The van der Waals surface area contributed by atoms with Gasteiger partial charge in [0, 0.05) is 19.3 Å². The maximum Gasteiger partial charge on any atom is 0.306 e. The lowest BCUT2D eigenvalue weighted by molar-refractivity contribution is -0.167. The van der Waals surface area contributed by atoms with Crippen LogP contribution in [0.2, 0.25) is 0 Å². The van der Waals surface area contributed by atoms with Crippen molar-refractivity contribution in [1.29, 1.82) is 0 Å². The molecule has 0 bridgehead atoms. The second kappa shape index (κ2) is 63.6. The van der Waals surface area contributed by atoms with Crippen molar-refractivity contribution in [3.63, 3.8) is 0 Å². The molecule has 0 radical (unpaired) electrons. The summed E-state index contributed by atoms with van der Waals surface area (Å²) in [7, 11) is 0. The van der Waals surface area contributed by atoms with E-state index in [1.807, 2.05) is 0 Å². The predicted molar refractivity (Wildman–Crippen MR) is 334 cm³/mol. The lowest BCUT2D eigenvalue weighted by Crippen LogP contribution is -2.30. The molecule has 0 aliphatic carbocycles. The summed E-state index contributed by atoms with van der Waals surface area (Å²) in [5.74, 6) is -0.966. The second-order valence-electron chi connectivity index (χ2n) is 19.9. The van der Waals surface area contributed by atoms with Gasteiger partial charge in [0.1, 0.15) is 13.2 Å². The normalized spacial score (nSPS) is 13.2. The van der Waals surface area contributed by atoms with Crippen molar-refractivity contribution in [2.45, 2.75) is 258 Å². The van der Waals surface area contributed by atoms with Crippen LogP contribution in [-0.2, 0) is 28.6 Å². The van der Waals surface area contributed by atoms with Crippen LogP contribution in [0, 0.1) is 0 Å². The van der Waals surface area contributed by atoms with Gasteiger partial charge in [0.15, 0.2) is 6.10 Å². The van der Waals surface area contributed by atoms with Crippen molar-refractivity contribution in [2.24, 2.45) is 0 Å². The highest BCUT2D eigenvalue weighted by Crippen LogP contribution is 2.14. The Morgan fingerprint density at radius 2 is 0.506 bits per heavy atom. The standard InChI is InChI=1S/C71H112O6/c1-4-7-10-13-16-19-21-23-25-27-29-31-33-34-35-36-38-39-41-43-45-47-49-52-55-58-61-64-70(73)76-67-68(66-75-69(72)63-60-57-54-51-18-15-12-9-6-3)77-71(74)65-62-59-56-53-50-48-46-44-42-40-37-32-30-28-26-24-22-20-17-14-11-8-5-2/h7-8,10-11,16-17,19-20,23-26,29-32,34-35,38-40,42-43,45,49,52,68H,4-6,9,12-15,18,21-22,27-28,33,36-37,41,44,46-48,50-51,53-67H2,1-3H3/b10-7-,11-8-,19-16-,20-17-,25-23-,26-24-,31-29-,32-30-,35-34-,39-38-,42-40-,45-43-,52-49-. The van der Waals surface area contributed by atoms with E-state index in [-0.39, 0.29) is 31.1 Å². The molecule has 0 aliphatic rings. The quantitative estimate of drug-likeness (QED) is 0.0261. The van der Waals surface area contributed by atoms with Gasteiger partial charge in [0.2, 0.25) is 0 Å². The molecule has 432 valence electrons. The van der Waals surface area contributed by atoms with Gasteiger partial charge in [0.25, 0.3) is 0 Å². The van der Waals surface area contributed by atoms with Crippen LogP contribution in [0.25, 0.3) is 0 Å². The van der Waals surface area contributed by atoms with Crippen molar-refractivity contribution in [2.75, 3.05) is 13.2 Å². The summed E-state index contributed by atoms with van der Waals surface area (Å²) in [6.07, 6.45) is 92.5. The van der Waals surface area contributed by atoms with Crippen molar-refractivity contribution in [3.8, 4) is 0 Å². The minimum absolute atomic E-state index is 0.102. The van der Waals surface area contributed by atoms with Gasteiger partial charge in [-0.1, -0.05) is 262 Å². The molecule has 0 rings (SSSR count). The Bertz CT molecular complexity index is 1740. The fourth-order valence-corrected chi connectivity index (χ4v) is 7.95. The first-order chi connectivity index (χ1) is 38.0. The van der Waals surface area contributed by atoms with E-state index in [9.17, 15) is 14.4 Å². The molecule has 0 aromatic heterocycles. The molecule has 1 unspecified atom stereocenters. The fraction of sp³-hybridized carbons (Fsp3) is 0.592. The van der Waals surface area contributed by atoms with E-state index >= 15 is 0 Å². The number of esters is 3. The Kier molecular flexibility index (Phi) is 59.5. The van der Waals surface area contributed by atoms with E-state index in [0.29, 0.717) is 25.7 Å². The predicted octanol–water partition coefficient (Wildman–Crippen LogP) is 21.3. The van der Waals surface area contributed by atoms with Gasteiger partial charge in [-0.05, 0) is 128 Å². The van der Waals surface area contributed by atoms with Crippen LogP contribution in [0.3, 0.4) is 0 Å². The second-order valence-corrected chi connectivity index (χ2v) is 19.9. The first-order valence-corrected chi connectivity index (χ1v) is 31.0. The third kappa shape index (κ3) is 61.8. The zero-order chi connectivity index (χ0) is 55.7. The molecule has 0 aliphatic heterocycles. The van der Waals surface area contributed by atoms with Crippen LogP contribution in [0.1, 0.15) is 252 Å². The number of carbonyl (C=O) groups excluding carboxylic acids is 3. The summed E-state index contributed by atoms with van der Waals surface area (Å²) < 4.78 is 16.8. The minimum atomic E-state index is -0.808. The maximum atomic E-state index is 12.9. The molecular weight excluding hydrogens is 949 g/mol. The van der Waals surface area contributed by atoms with Gasteiger partial charge >= 0.3 is 17.9 Å². The highest BCUT2D eigenvalue weighted by atomic mass is 16.6. The molecule has 0 heterocycles. The third-order valence-electron chi connectivity index (χ3n) is 12.5. The van der Waals surface area contributed by atoms with Gasteiger partial charge in [-0.15, -0.1) is 0 Å². The molecule has 0 amide bonds. The van der Waals surface area contributed by atoms with Crippen LogP contribution in [-0.4, -0.2) is 37.2 Å². The molecule has 6 nitrogen and oxygen atoms in total. The Morgan fingerprint density at radius 3 is 0.818 bits per heavy atom. The lowest BCUT2D eigenvalue weighted by Gasteiger charge is -2.18. The van der Waals surface area contributed by atoms with Gasteiger partial charge in [-0.25, -0.2) is 0 Å². The summed E-state index contributed by atoms with van der Waals surface area (Å²) in [4.78, 5) is 38.2.